The van der Waals surface area contributed by atoms with Gasteiger partial charge in [0.15, 0.2) is 0 Å². The fraction of sp³-hybridized carbons (Fsp3) is 0.857. The zero-order valence-corrected chi connectivity index (χ0v) is 6.15. The topological polar surface area (TPSA) is 43.1 Å². The van der Waals surface area contributed by atoms with E-state index in [0.29, 0.717) is 6.29 Å². The molecule has 0 radical (unpaired) electrons. The first-order valence-electron chi connectivity index (χ1n) is 3.61. The molecule has 1 rings (SSSR count). The van der Waals surface area contributed by atoms with Gasteiger partial charge in [0, 0.05) is 12.8 Å². The average molecular weight is 163 g/mol. The van der Waals surface area contributed by atoms with Crippen molar-refractivity contribution < 1.29 is 13.6 Å². The molecule has 1 aliphatic rings. The monoisotopic (exact) mass is 163 g/mol. The summed E-state index contributed by atoms with van der Waals surface area (Å²) in [6, 6.07) is 0. The molecule has 0 atom stereocenters. The van der Waals surface area contributed by atoms with Crippen LogP contribution in [0.3, 0.4) is 0 Å². The second kappa shape index (κ2) is 2.52. The second-order valence-electron chi connectivity index (χ2n) is 3.21. The van der Waals surface area contributed by atoms with E-state index in [1.165, 1.54) is 0 Å². The molecule has 4 heteroatoms. The van der Waals surface area contributed by atoms with Crippen molar-refractivity contribution in [3.63, 3.8) is 0 Å². The molecule has 0 spiro atoms. The van der Waals surface area contributed by atoms with Gasteiger partial charge in [-0.15, -0.1) is 0 Å². The van der Waals surface area contributed by atoms with Crippen LogP contribution in [0.2, 0.25) is 0 Å². The fourth-order valence-corrected chi connectivity index (χ4v) is 1.20. The van der Waals surface area contributed by atoms with Crippen molar-refractivity contribution >= 4 is 6.29 Å². The van der Waals surface area contributed by atoms with Crippen molar-refractivity contribution in [2.75, 3.05) is 0 Å². The highest BCUT2D eigenvalue weighted by Gasteiger charge is 2.40. The molecule has 0 bridgehead atoms. The highest BCUT2D eigenvalue weighted by molar-refractivity contribution is 5.63. The minimum absolute atomic E-state index is 0.101. The summed E-state index contributed by atoms with van der Waals surface area (Å²) < 4.78 is 25.0. The first kappa shape index (κ1) is 8.59. The van der Waals surface area contributed by atoms with E-state index < -0.39 is 11.5 Å². The standard InChI is InChI=1S/C7H11F2NO/c8-7(9)3-1-6(10,5-11)2-4-7/h5H,1-4,10H2. The minimum Gasteiger partial charge on any atom is -0.319 e. The van der Waals surface area contributed by atoms with E-state index >= 15 is 0 Å². The Kier molecular flexibility index (Phi) is 1.96. The number of carbonyl (C=O) groups excluding carboxylic acids is 1. The lowest BCUT2D eigenvalue weighted by Gasteiger charge is -2.32. The number of halogens is 2. The molecule has 0 unspecified atom stereocenters. The van der Waals surface area contributed by atoms with Crippen molar-refractivity contribution in [2.24, 2.45) is 5.73 Å². The number of hydrogen-bond acceptors (Lipinski definition) is 2. The molecule has 0 amide bonds. The van der Waals surface area contributed by atoms with Crippen LogP contribution in [0.25, 0.3) is 0 Å². The Morgan fingerprint density at radius 3 is 2.00 bits per heavy atom. The quantitative estimate of drug-likeness (QED) is 0.588. The number of alkyl halides is 2. The Balaban J connectivity index is 2.54. The van der Waals surface area contributed by atoms with Crippen LogP contribution in [0.4, 0.5) is 8.78 Å². The van der Waals surface area contributed by atoms with Gasteiger partial charge in [-0.05, 0) is 12.8 Å². The molecule has 0 aliphatic heterocycles. The number of hydrogen-bond donors (Lipinski definition) is 1. The van der Waals surface area contributed by atoms with Crippen LogP contribution in [0.15, 0.2) is 0 Å². The summed E-state index contributed by atoms with van der Waals surface area (Å²) in [6.45, 7) is 0. The van der Waals surface area contributed by atoms with Crippen molar-refractivity contribution in [3.8, 4) is 0 Å². The Morgan fingerprint density at radius 2 is 1.64 bits per heavy atom. The molecule has 64 valence electrons. The molecule has 0 heterocycles. The summed E-state index contributed by atoms with van der Waals surface area (Å²) >= 11 is 0. The van der Waals surface area contributed by atoms with Gasteiger partial charge >= 0.3 is 0 Å². The molecule has 2 N–H and O–H groups in total. The van der Waals surface area contributed by atoms with Gasteiger partial charge in [0.2, 0.25) is 5.92 Å². The Morgan fingerprint density at radius 1 is 1.18 bits per heavy atom. The summed E-state index contributed by atoms with van der Waals surface area (Å²) in [5.74, 6) is -2.61. The van der Waals surface area contributed by atoms with Gasteiger partial charge < -0.3 is 10.5 Å². The molecule has 1 fully saturated rings. The van der Waals surface area contributed by atoms with Crippen molar-refractivity contribution in [3.05, 3.63) is 0 Å². The maximum atomic E-state index is 12.5. The molecular formula is C7H11F2NO. The summed E-state index contributed by atoms with van der Waals surface area (Å²) in [4.78, 5) is 10.3. The van der Waals surface area contributed by atoms with Crippen LogP contribution in [-0.4, -0.2) is 17.7 Å². The van der Waals surface area contributed by atoms with Crippen LogP contribution in [-0.2, 0) is 4.79 Å². The lowest BCUT2D eigenvalue weighted by Crippen LogP contribution is -2.47. The summed E-state index contributed by atoms with van der Waals surface area (Å²) in [6.07, 6.45) is 0.264. The molecular weight excluding hydrogens is 152 g/mol. The van der Waals surface area contributed by atoms with Gasteiger partial charge in [0.1, 0.15) is 6.29 Å². The summed E-state index contributed by atoms with van der Waals surface area (Å²) in [5, 5.41) is 0. The predicted octanol–water partition coefficient (Wildman–Crippen LogP) is 1.09. The van der Waals surface area contributed by atoms with E-state index in [0.717, 1.165) is 0 Å². The SMILES string of the molecule is NC1(C=O)CCC(F)(F)CC1. The predicted molar refractivity (Wildman–Crippen MR) is 36.4 cm³/mol. The van der Waals surface area contributed by atoms with Crippen LogP contribution in [0.5, 0.6) is 0 Å². The third-order valence-corrected chi connectivity index (χ3v) is 2.15. The smallest absolute Gasteiger partial charge is 0.248 e. The normalized spacial score (nSPS) is 27.9. The van der Waals surface area contributed by atoms with Crippen LogP contribution >= 0.6 is 0 Å². The van der Waals surface area contributed by atoms with Gasteiger partial charge in [0.05, 0.1) is 5.54 Å². The van der Waals surface area contributed by atoms with Gasteiger partial charge in [-0.25, -0.2) is 8.78 Å². The Hall–Kier alpha value is -0.510. The van der Waals surface area contributed by atoms with Gasteiger partial charge in [-0.1, -0.05) is 0 Å². The van der Waals surface area contributed by atoms with Crippen LogP contribution in [0.1, 0.15) is 25.7 Å². The van der Waals surface area contributed by atoms with E-state index in [2.05, 4.69) is 0 Å². The van der Waals surface area contributed by atoms with Crippen molar-refractivity contribution in [1.29, 1.82) is 0 Å². The molecule has 1 aliphatic carbocycles. The number of rotatable bonds is 1. The molecule has 0 saturated heterocycles. The van der Waals surface area contributed by atoms with E-state index in [9.17, 15) is 13.6 Å². The highest BCUT2D eigenvalue weighted by atomic mass is 19.3. The van der Waals surface area contributed by atoms with E-state index in [4.69, 9.17) is 5.73 Å². The lowest BCUT2D eigenvalue weighted by molar-refractivity contribution is -0.117. The third-order valence-electron chi connectivity index (χ3n) is 2.15. The Bertz CT molecular complexity index is 160. The molecule has 0 aromatic carbocycles. The largest absolute Gasteiger partial charge is 0.319 e. The zero-order chi connectivity index (χ0) is 8.54. The Labute approximate surface area is 63.8 Å². The number of aldehydes is 1. The first-order valence-corrected chi connectivity index (χ1v) is 3.61. The maximum absolute atomic E-state index is 12.5. The van der Waals surface area contributed by atoms with Crippen molar-refractivity contribution in [1.82, 2.24) is 0 Å². The van der Waals surface area contributed by atoms with E-state index in [1.807, 2.05) is 0 Å². The molecule has 1 saturated carbocycles. The lowest BCUT2D eigenvalue weighted by atomic mass is 9.82. The average Bonchev–Trinajstić information content (AvgIpc) is 1.97. The first-order chi connectivity index (χ1) is 4.97. The third kappa shape index (κ3) is 1.96. The maximum Gasteiger partial charge on any atom is 0.248 e. The fourth-order valence-electron chi connectivity index (χ4n) is 1.20. The van der Waals surface area contributed by atoms with Crippen LogP contribution < -0.4 is 5.73 Å². The van der Waals surface area contributed by atoms with Gasteiger partial charge in [-0.3, -0.25) is 0 Å². The van der Waals surface area contributed by atoms with Crippen LogP contribution in [0, 0.1) is 0 Å². The van der Waals surface area contributed by atoms with Crippen molar-refractivity contribution in [2.45, 2.75) is 37.1 Å². The molecule has 0 aromatic rings. The summed E-state index contributed by atoms with van der Waals surface area (Å²) in [5.41, 5.74) is 4.49. The minimum atomic E-state index is -2.61. The molecule has 2 nitrogen and oxygen atoms in total. The number of carbonyl (C=O) groups is 1. The summed E-state index contributed by atoms with van der Waals surface area (Å²) in [7, 11) is 0. The van der Waals surface area contributed by atoms with Gasteiger partial charge in [0.25, 0.3) is 0 Å². The highest BCUT2D eigenvalue weighted by Crippen LogP contribution is 2.36. The van der Waals surface area contributed by atoms with E-state index in [-0.39, 0.29) is 25.7 Å². The zero-order valence-electron chi connectivity index (χ0n) is 6.15. The molecule has 0 aromatic heterocycles. The number of nitrogens with two attached hydrogens (primary N) is 1. The van der Waals surface area contributed by atoms with E-state index in [1.54, 1.807) is 0 Å². The van der Waals surface area contributed by atoms with Gasteiger partial charge in [-0.2, -0.15) is 0 Å². The second-order valence-corrected chi connectivity index (χ2v) is 3.21. The molecule has 11 heavy (non-hydrogen) atoms.